The lowest BCUT2D eigenvalue weighted by atomic mass is 10.1. The highest BCUT2D eigenvalue weighted by atomic mass is 19.1. The number of benzene rings is 1. The molecule has 1 atom stereocenters. The van der Waals surface area contributed by atoms with Gasteiger partial charge in [0.25, 0.3) is 5.91 Å². The molecule has 1 saturated heterocycles. The number of phenolic OH excluding ortho intramolecular Hbond substituents is 1. The second kappa shape index (κ2) is 9.52. The van der Waals surface area contributed by atoms with Crippen LogP contribution in [-0.4, -0.2) is 78.3 Å². The van der Waals surface area contributed by atoms with E-state index in [9.17, 15) is 19.6 Å². The van der Waals surface area contributed by atoms with Gasteiger partial charge in [-0.1, -0.05) is 6.07 Å². The van der Waals surface area contributed by atoms with Crippen molar-refractivity contribution >= 4 is 16.9 Å². The summed E-state index contributed by atoms with van der Waals surface area (Å²) in [6, 6.07) is 7.80. The number of aromatic nitrogens is 5. The smallest absolute Gasteiger partial charge is 0.260 e. The van der Waals surface area contributed by atoms with Crippen LogP contribution >= 0.6 is 0 Å². The van der Waals surface area contributed by atoms with E-state index < -0.39 is 11.7 Å². The van der Waals surface area contributed by atoms with E-state index in [4.69, 9.17) is 0 Å². The van der Waals surface area contributed by atoms with Gasteiger partial charge in [0.2, 0.25) is 0 Å². The predicted molar refractivity (Wildman–Crippen MR) is 125 cm³/mol. The summed E-state index contributed by atoms with van der Waals surface area (Å²) in [6.07, 6.45) is 7.20. The average Bonchev–Trinajstić information content (AvgIpc) is 3.54. The number of aromatic hydroxyl groups is 1. The molecule has 1 aliphatic rings. The number of piperazine rings is 1. The van der Waals surface area contributed by atoms with Crippen molar-refractivity contribution in [1.82, 2.24) is 34.5 Å². The van der Waals surface area contributed by atoms with E-state index in [0.29, 0.717) is 32.7 Å². The molecule has 5 rings (SSSR count). The number of phenols is 1. The van der Waals surface area contributed by atoms with Crippen molar-refractivity contribution in [3.63, 3.8) is 0 Å². The third-order valence-electron chi connectivity index (χ3n) is 6.26. The topological polar surface area (TPSA) is 127 Å². The van der Waals surface area contributed by atoms with Gasteiger partial charge in [0.1, 0.15) is 29.1 Å². The van der Waals surface area contributed by atoms with Gasteiger partial charge in [-0.2, -0.15) is 10.4 Å². The Kier molecular flexibility index (Phi) is 6.12. The lowest BCUT2D eigenvalue weighted by Gasteiger charge is -2.36. The van der Waals surface area contributed by atoms with Crippen molar-refractivity contribution in [1.29, 1.82) is 5.26 Å². The first kappa shape index (κ1) is 22.5. The van der Waals surface area contributed by atoms with Crippen molar-refractivity contribution in [3.8, 4) is 23.1 Å². The quantitative estimate of drug-likeness (QED) is 0.440. The van der Waals surface area contributed by atoms with E-state index in [-0.39, 0.29) is 23.8 Å². The monoisotopic (exact) mass is 474 g/mol. The molecule has 0 saturated carbocycles. The Hall–Kier alpha value is -4.30. The standard InChI is InChI=1S/C24H23FN8O2/c25-19-2-1-3-20(34)21(19)24(35)32-10-8-31(9-11-32)14-17(4-6-26)33-13-16(12-30-33)22-18-5-7-27-23(18)29-15-28-22/h1-3,5,7,12-13,15,17,34H,4,8-11,14H2,(H,27,28,29). The highest BCUT2D eigenvalue weighted by molar-refractivity contribution is 5.97. The van der Waals surface area contributed by atoms with Gasteiger partial charge in [0, 0.05) is 56.1 Å². The third kappa shape index (κ3) is 4.43. The molecule has 0 radical (unpaired) electrons. The first-order valence-corrected chi connectivity index (χ1v) is 11.2. The molecule has 1 amide bonds. The summed E-state index contributed by atoms with van der Waals surface area (Å²) in [5.41, 5.74) is 2.04. The lowest BCUT2D eigenvalue weighted by molar-refractivity contribution is 0.0610. The zero-order chi connectivity index (χ0) is 24.4. The molecule has 4 heterocycles. The van der Waals surface area contributed by atoms with Crippen LogP contribution in [0, 0.1) is 17.1 Å². The zero-order valence-corrected chi connectivity index (χ0v) is 18.8. The van der Waals surface area contributed by atoms with Gasteiger partial charge in [-0.15, -0.1) is 0 Å². The summed E-state index contributed by atoms with van der Waals surface area (Å²) < 4.78 is 15.9. The Morgan fingerprint density at radius 3 is 2.83 bits per heavy atom. The SMILES string of the molecule is N#CCC(CN1CCN(C(=O)c2c(O)cccc2F)CC1)n1cc(-c2ncnc3[nH]ccc23)cn1. The normalized spacial score (nSPS) is 15.3. The molecule has 0 spiro atoms. The summed E-state index contributed by atoms with van der Waals surface area (Å²) in [5, 5.41) is 24.7. The van der Waals surface area contributed by atoms with Crippen LogP contribution in [0.5, 0.6) is 5.75 Å². The molecule has 35 heavy (non-hydrogen) atoms. The minimum Gasteiger partial charge on any atom is -0.507 e. The molecular formula is C24H23FN8O2. The Morgan fingerprint density at radius 1 is 1.23 bits per heavy atom. The summed E-state index contributed by atoms with van der Waals surface area (Å²) in [6.45, 7) is 2.48. The Morgan fingerprint density at radius 2 is 2.06 bits per heavy atom. The minimum absolute atomic E-state index is 0.185. The minimum atomic E-state index is -0.735. The fourth-order valence-corrected chi connectivity index (χ4v) is 4.42. The summed E-state index contributed by atoms with van der Waals surface area (Å²) in [5.74, 6) is -1.62. The van der Waals surface area contributed by atoms with Gasteiger partial charge in [-0.3, -0.25) is 14.4 Å². The van der Waals surface area contributed by atoms with Crippen LogP contribution in [0.15, 0.2) is 49.2 Å². The highest BCUT2D eigenvalue weighted by Gasteiger charge is 2.28. The third-order valence-corrected chi connectivity index (χ3v) is 6.26. The number of nitriles is 1. The number of fused-ring (bicyclic) bond motifs is 1. The number of carbonyl (C=O) groups is 1. The van der Waals surface area contributed by atoms with Crippen LogP contribution in [0.3, 0.4) is 0 Å². The number of hydrogen-bond acceptors (Lipinski definition) is 7. The van der Waals surface area contributed by atoms with Crippen LogP contribution in [-0.2, 0) is 0 Å². The van der Waals surface area contributed by atoms with E-state index in [0.717, 1.165) is 28.4 Å². The fourth-order valence-electron chi connectivity index (χ4n) is 4.42. The van der Waals surface area contributed by atoms with Crippen LogP contribution < -0.4 is 0 Å². The molecular weight excluding hydrogens is 451 g/mol. The molecule has 1 fully saturated rings. The van der Waals surface area contributed by atoms with E-state index in [1.165, 1.54) is 23.4 Å². The summed E-state index contributed by atoms with van der Waals surface area (Å²) in [7, 11) is 0. The molecule has 0 aliphatic carbocycles. The summed E-state index contributed by atoms with van der Waals surface area (Å²) in [4.78, 5) is 28.1. The number of rotatable bonds is 6. The Labute approximate surface area is 200 Å². The van der Waals surface area contributed by atoms with Gasteiger partial charge in [-0.05, 0) is 18.2 Å². The highest BCUT2D eigenvalue weighted by Crippen LogP contribution is 2.26. The van der Waals surface area contributed by atoms with Gasteiger partial charge in [0.15, 0.2) is 0 Å². The first-order chi connectivity index (χ1) is 17.0. The van der Waals surface area contributed by atoms with Gasteiger partial charge in [0.05, 0.1) is 30.4 Å². The van der Waals surface area contributed by atoms with Crippen molar-refractivity contribution in [2.45, 2.75) is 12.5 Å². The van der Waals surface area contributed by atoms with Crippen molar-refractivity contribution in [3.05, 3.63) is 60.6 Å². The molecule has 1 unspecified atom stereocenters. The van der Waals surface area contributed by atoms with Crippen molar-refractivity contribution in [2.75, 3.05) is 32.7 Å². The second-order valence-electron chi connectivity index (χ2n) is 8.41. The molecule has 0 bridgehead atoms. The average molecular weight is 475 g/mol. The first-order valence-electron chi connectivity index (χ1n) is 11.2. The molecule has 3 aromatic heterocycles. The summed E-state index contributed by atoms with van der Waals surface area (Å²) >= 11 is 0. The molecule has 4 aromatic rings. The number of halogens is 1. The molecule has 2 N–H and O–H groups in total. The van der Waals surface area contributed by atoms with Gasteiger partial charge in [-0.25, -0.2) is 14.4 Å². The number of hydrogen-bond donors (Lipinski definition) is 2. The Balaban J connectivity index is 1.26. The van der Waals surface area contributed by atoms with E-state index >= 15 is 0 Å². The van der Waals surface area contributed by atoms with E-state index in [2.05, 4.69) is 31.0 Å². The molecule has 11 heteroatoms. The maximum Gasteiger partial charge on any atom is 0.260 e. The maximum absolute atomic E-state index is 14.1. The van der Waals surface area contributed by atoms with Crippen LogP contribution in [0.1, 0.15) is 22.8 Å². The second-order valence-corrected chi connectivity index (χ2v) is 8.41. The van der Waals surface area contributed by atoms with Crippen molar-refractivity contribution in [2.24, 2.45) is 0 Å². The number of amides is 1. The van der Waals surface area contributed by atoms with Crippen molar-refractivity contribution < 1.29 is 14.3 Å². The molecule has 1 aliphatic heterocycles. The number of carbonyl (C=O) groups excluding carboxylic acids is 1. The largest absolute Gasteiger partial charge is 0.507 e. The van der Waals surface area contributed by atoms with E-state index in [1.54, 1.807) is 10.9 Å². The number of nitrogens with zero attached hydrogens (tertiary/aromatic N) is 7. The predicted octanol–water partition coefficient (Wildman–Crippen LogP) is 2.58. The lowest BCUT2D eigenvalue weighted by Crippen LogP contribution is -2.50. The molecule has 1 aromatic carbocycles. The van der Waals surface area contributed by atoms with Crippen LogP contribution in [0.25, 0.3) is 22.3 Å². The zero-order valence-electron chi connectivity index (χ0n) is 18.8. The van der Waals surface area contributed by atoms with Crippen LogP contribution in [0.4, 0.5) is 4.39 Å². The molecule has 10 nitrogen and oxygen atoms in total. The maximum atomic E-state index is 14.1. The Bertz CT molecular complexity index is 1380. The van der Waals surface area contributed by atoms with Gasteiger partial charge >= 0.3 is 0 Å². The van der Waals surface area contributed by atoms with E-state index in [1.807, 2.05) is 18.5 Å². The molecule has 178 valence electrons. The number of H-pyrrole nitrogens is 1. The van der Waals surface area contributed by atoms with Crippen LogP contribution in [0.2, 0.25) is 0 Å². The van der Waals surface area contributed by atoms with Gasteiger partial charge < -0.3 is 15.0 Å². The fraction of sp³-hybridized carbons (Fsp3) is 0.292. The number of aromatic amines is 1. The number of nitrogens with one attached hydrogen (secondary N) is 1.